The van der Waals surface area contributed by atoms with Gasteiger partial charge in [0.15, 0.2) is 11.6 Å². The van der Waals surface area contributed by atoms with Crippen LogP contribution < -0.4 is 4.74 Å². The molecule has 1 heterocycles. The van der Waals surface area contributed by atoms with Crippen molar-refractivity contribution in [3.8, 4) is 5.75 Å². The van der Waals surface area contributed by atoms with E-state index in [0.29, 0.717) is 18.3 Å². The van der Waals surface area contributed by atoms with E-state index in [-0.39, 0.29) is 6.61 Å². The Morgan fingerprint density at radius 2 is 2.17 bits per heavy atom. The lowest BCUT2D eigenvalue weighted by atomic mass is 10.1. The van der Waals surface area contributed by atoms with Gasteiger partial charge in [0.2, 0.25) is 0 Å². The van der Waals surface area contributed by atoms with E-state index in [0.717, 1.165) is 38.2 Å². The zero-order chi connectivity index (χ0) is 13.0. The summed E-state index contributed by atoms with van der Waals surface area (Å²) in [5.41, 5.74) is 0. The highest BCUT2D eigenvalue weighted by atomic mass is 19.2. The Morgan fingerprint density at radius 3 is 2.83 bits per heavy atom. The molecule has 0 aromatic heterocycles. The molecule has 5 heteroatoms. The normalized spacial score (nSPS) is 20.3. The van der Waals surface area contributed by atoms with Crippen molar-refractivity contribution in [2.75, 3.05) is 32.8 Å². The summed E-state index contributed by atoms with van der Waals surface area (Å²) in [5, 5.41) is 9.01. The van der Waals surface area contributed by atoms with Crippen LogP contribution in [0.25, 0.3) is 0 Å². The van der Waals surface area contributed by atoms with Crippen LogP contribution >= 0.6 is 0 Å². The summed E-state index contributed by atoms with van der Waals surface area (Å²) in [4.78, 5) is 2.20. The topological polar surface area (TPSA) is 32.7 Å². The van der Waals surface area contributed by atoms with Crippen molar-refractivity contribution >= 4 is 0 Å². The third-order valence-electron chi connectivity index (χ3n) is 3.20. The highest BCUT2D eigenvalue weighted by Crippen LogP contribution is 2.17. The Kier molecular flexibility index (Phi) is 4.49. The number of ether oxygens (including phenoxy) is 1. The molecule has 1 unspecified atom stereocenters. The van der Waals surface area contributed by atoms with E-state index in [1.54, 1.807) is 0 Å². The fourth-order valence-electron chi connectivity index (χ4n) is 2.12. The van der Waals surface area contributed by atoms with E-state index in [1.807, 2.05) is 0 Å². The van der Waals surface area contributed by atoms with Gasteiger partial charge >= 0.3 is 0 Å². The molecule has 0 amide bonds. The summed E-state index contributed by atoms with van der Waals surface area (Å²) in [7, 11) is 0. The van der Waals surface area contributed by atoms with Gasteiger partial charge in [-0.1, -0.05) is 0 Å². The van der Waals surface area contributed by atoms with Gasteiger partial charge in [-0.3, -0.25) is 4.90 Å². The van der Waals surface area contributed by atoms with Crippen molar-refractivity contribution in [1.29, 1.82) is 0 Å². The van der Waals surface area contributed by atoms with Crippen LogP contribution in [0.15, 0.2) is 18.2 Å². The van der Waals surface area contributed by atoms with E-state index in [1.165, 1.54) is 6.07 Å². The van der Waals surface area contributed by atoms with Crippen LogP contribution in [0, 0.1) is 17.6 Å². The lowest BCUT2D eigenvalue weighted by Crippen LogP contribution is -2.26. The van der Waals surface area contributed by atoms with E-state index in [9.17, 15) is 8.78 Å². The molecule has 1 atom stereocenters. The van der Waals surface area contributed by atoms with E-state index in [4.69, 9.17) is 9.84 Å². The van der Waals surface area contributed by atoms with Gasteiger partial charge < -0.3 is 9.84 Å². The molecule has 1 fully saturated rings. The minimum Gasteiger partial charge on any atom is -0.492 e. The molecule has 100 valence electrons. The smallest absolute Gasteiger partial charge is 0.162 e. The lowest BCUT2D eigenvalue weighted by molar-refractivity contribution is 0.204. The summed E-state index contributed by atoms with van der Waals surface area (Å²) in [5.74, 6) is -1.07. The Labute approximate surface area is 105 Å². The first kappa shape index (κ1) is 13.2. The third kappa shape index (κ3) is 3.40. The summed E-state index contributed by atoms with van der Waals surface area (Å²) >= 11 is 0. The number of aliphatic hydroxyl groups is 1. The van der Waals surface area contributed by atoms with Gasteiger partial charge in [0.25, 0.3) is 0 Å². The van der Waals surface area contributed by atoms with Gasteiger partial charge in [-0.05, 0) is 31.0 Å². The second-order valence-corrected chi connectivity index (χ2v) is 4.56. The number of hydrogen-bond donors (Lipinski definition) is 1. The number of aliphatic hydroxyl groups excluding tert-OH is 1. The number of benzene rings is 1. The maximum atomic E-state index is 12.9. The van der Waals surface area contributed by atoms with E-state index >= 15 is 0 Å². The number of halogens is 2. The Balaban J connectivity index is 1.73. The first-order valence-corrected chi connectivity index (χ1v) is 6.10. The molecule has 2 rings (SSSR count). The standard InChI is InChI=1S/C13H17F2NO2/c14-12-2-1-11(7-13(12)15)18-6-5-16-4-3-10(8-16)9-17/h1-2,7,10,17H,3-6,8-9H2. The first-order valence-electron chi connectivity index (χ1n) is 6.10. The van der Waals surface area contributed by atoms with Crippen LogP contribution in [0.1, 0.15) is 6.42 Å². The summed E-state index contributed by atoms with van der Waals surface area (Å²) < 4.78 is 31.0. The minimum absolute atomic E-state index is 0.223. The predicted molar refractivity (Wildman–Crippen MR) is 63.5 cm³/mol. The van der Waals surface area contributed by atoms with Gasteiger partial charge in [0, 0.05) is 25.8 Å². The molecule has 3 nitrogen and oxygen atoms in total. The molecule has 1 N–H and O–H groups in total. The zero-order valence-electron chi connectivity index (χ0n) is 10.1. The molecule has 18 heavy (non-hydrogen) atoms. The molecule has 0 saturated carbocycles. The highest BCUT2D eigenvalue weighted by Gasteiger charge is 2.21. The molecule has 1 aromatic rings. The summed E-state index contributed by atoms with van der Waals surface area (Å²) in [6.07, 6.45) is 1.00. The SMILES string of the molecule is OCC1CCN(CCOc2ccc(F)c(F)c2)C1. The number of rotatable bonds is 5. The van der Waals surface area contributed by atoms with Crippen molar-refractivity contribution < 1.29 is 18.6 Å². The van der Waals surface area contributed by atoms with Crippen LogP contribution in [0.5, 0.6) is 5.75 Å². The Hall–Kier alpha value is -1.20. The molecular formula is C13H17F2NO2. The molecule has 0 aliphatic carbocycles. The lowest BCUT2D eigenvalue weighted by Gasteiger charge is -2.15. The van der Waals surface area contributed by atoms with Crippen LogP contribution in [0.2, 0.25) is 0 Å². The number of nitrogens with zero attached hydrogens (tertiary/aromatic N) is 1. The molecule has 1 aliphatic rings. The average molecular weight is 257 g/mol. The quantitative estimate of drug-likeness (QED) is 0.870. The summed E-state index contributed by atoms with van der Waals surface area (Å²) in [6.45, 7) is 3.21. The van der Waals surface area contributed by atoms with Gasteiger partial charge in [-0.15, -0.1) is 0 Å². The fraction of sp³-hybridized carbons (Fsp3) is 0.538. The average Bonchev–Trinajstić information content (AvgIpc) is 2.82. The highest BCUT2D eigenvalue weighted by molar-refractivity contribution is 5.23. The van der Waals surface area contributed by atoms with Gasteiger partial charge in [0.1, 0.15) is 12.4 Å². The molecule has 1 aromatic carbocycles. The van der Waals surface area contributed by atoms with Crippen LogP contribution in [0.4, 0.5) is 8.78 Å². The summed E-state index contributed by atoms with van der Waals surface area (Å²) in [6, 6.07) is 3.52. The van der Waals surface area contributed by atoms with Gasteiger partial charge in [0.05, 0.1) is 0 Å². The zero-order valence-corrected chi connectivity index (χ0v) is 10.1. The Bertz CT molecular complexity index is 401. The molecule has 0 bridgehead atoms. The maximum Gasteiger partial charge on any atom is 0.162 e. The largest absolute Gasteiger partial charge is 0.492 e. The molecule has 1 aliphatic heterocycles. The molecular weight excluding hydrogens is 240 g/mol. The predicted octanol–water partition coefficient (Wildman–Crippen LogP) is 1.66. The second-order valence-electron chi connectivity index (χ2n) is 4.56. The third-order valence-corrected chi connectivity index (χ3v) is 3.20. The fourth-order valence-corrected chi connectivity index (χ4v) is 2.12. The maximum absolute atomic E-state index is 12.9. The van der Waals surface area contributed by atoms with Crippen molar-refractivity contribution in [3.63, 3.8) is 0 Å². The Morgan fingerprint density at radius 1 is 1.33 bits per heavy atom. The van der Waals surface area contributed by atoms with Crippen molar-refractivity contribution in [2.45, 2.75) is 6.42 Å². The van der Waals surface area contributed by atoms with E-state index in [2.05, 4.69) is 4.90 Å². The number of likely N-dealkylation sites (tertiary alicyclic amines) is 1. The van der Waals surface area contributed by atoms with E-state index < -0.39 is 11.6 Å². The van der Waals surface area contributed by atoms with Crippen LogP contribution in [-0.4, -0.2) is 42.9 Å². The van der Waals surface area contributed by atoms with Gasteiger partial charge in [-0.2, -0.15) is 0 Å². The monoisotopic (exact) mass is 257 g/mol. The molecule has 1 saturated heterocycles. The van der Waals surface area contributed by atoms with Crippen LogP contribution in [-0.2, 0) is 0 Å². The van der Waals surface area contributed by atoms with Crippen molar-refractivity contribution in [1.82, 2.24) is 4.90 Å². The number of hydrogen-bond acceptors (Lipinski definition) is 3. The van der Waals surface area contributed by atoms with Crippen molar-refractivity contribution in [3.05, 3.63) is 29.8 Å². The van der Waals surface area contributed by atoms with Gasteiger partial charge in [-0.25, -0.2) is 8.78 Å². The molecule has 0 spiro atoms. The second kappa shape index (κ2) is 6.11. The molecule has 0 radical (unpaired) electrons. The van der Waals surface area contributed by atoms with Crippen molar-refractivity contribution in [2.24, 2.45) is 5.92 Å². The first-order chi connectivity index (χ1) is 8.69. The minimum atomic E-state index is -0.894. The van der Waals surface area contributed by atoms with Crippen LogP contribution in [0.3, 0.4) is 0 Å².